The molecule has 65 heavy (non-hydrogen) atoms. The number of para-hydroxylation sites is 2. The molecule has 1 aromatic heterocycles. The van der Waals surface area contributed by atoms with E-state index in [1.165, 1.54) is 29.7 Å². The molecule has 0 spiro atoms. The number of anilines is 7. The van der Waals surface area contributed by atoms with Crippen LogP contribution in [0.1, 0.15) is 46.4 Å². The first-order valence-corrected chi connectivity index (χ1v) is 23.5. The number of carbonyl (C=O) groups is 5. The lowest BCUT2D eigenvalue weighted by Gasteiger charge is -2.39. The van der Waals surface area contributed by atoms with Crippen molar-refractivity contribution in [2.75, 3.05) is 97.9 Å². The van der Waals surface area contributed by atoms with Crippen LogP contribution in [0.25, 0.3) is 0 Å². The Morgan fingerprint density at radius 3 is 2.37 bits per heavy atom. The highest BCUT2D eigenvalue weighted by Gasteiger charge is 2.44. The summed E-state index contributed by atoms with van der Waals surface area (Å²) in [5.41, 5.74) is 3.45. The van der Waals surface area contributed by atoms with Gasteiger partial charge in [-0.1, -0.05) is 23.7 Å². The standard InChI is InChI=1S/C44H50ClN11O8S/c1-52(65(3,62)63)35-7-5-4-6-33(35)48-40-32(45)24-47-44(51-40)49-34-11-9-29(23-37(34)64-2)54-20-18-53(19-21-54)26-27-14-16-55(17-15-27)39(58)25-46-28-8-10-30-31(22-28)43(61)56(42(30)60)36-12-13-38(57)50-41(36)59/h4-11,22-24,27,36,46H,12-21,25-26H2,1-3H3,(H,50,57,59)(H2,47,48,49,51). The van der Waals surface area contributed by atoms with Gasteiger partial charge < -0.3 is 30.5 Å². The number of methoxy groups -OCH3 is 1. The van der Waals surface area contributed by atoms with Crippen LogP contribution < -0.4 is 35.2 Å². The second-order valence-electron chi connectivity index (χ2n) is 16.4. The molecule has 0 radical (unpaired) electrons. The minimum absolute atomic E-state index is 0.0314. The van der Waals surface area contributed by atoms with E-state index in [1.807, 2.05) is 23.1 Å². The van der Waals surface area contributed by atoms with Crippen LogP contribution in [0.2, 0.25) is 5.02 Å². The van der Waals surface area contributed by atoms with Crippen molar-refractivity contribution in [1.82, 2.24) is 30.0 Å². The minimum Gasteiger partial charge on any atom is -0.494 e. The largest absolute Gasteiger partial charge is 0.494 e. The van der Waals surface area contributed by atoms with Gasteiger partial charge in [-0.15, -0.1) is 0 Å². The molecule has 21 heteroatoms. The normalized spacial score (nSPS) is 18.3. The van der Waals surface area contributed by atoms with E-state index < -0.39 is 39.7 Å². The van der Waals surface area contributed by atoms with E-state index in [0.29, 0.717) is 47.5 Å². The average molecular weight is 928 g/mol. The van der Waals surface area contributed by atoms with Gasteiger partial charge in [0, 0.05) is 76.7 Å². The molecule has 5 heterocycles. The molecule has 5 amide bonds. The van der Waals surface area contributed by atoms with Crippen molar-refractivity contribution < 1.29 is 37.1 Å². The third-order valence-corrected chi connectivity index (χ3v) is 13.7. The first-order valence-electron chi connectivity index (χ1n) is 21.3. The van der Waals surface area contributed by atoms with E-state index >= 15 is 0 Å². The molecular formula is C44H50ClN11O8S. The Hall–Kier alpha value is -6.51. The fraction of sp³-hybridized carbons (Fsp3) is 0.386. The Kier molecular flexibility index (Phi) is 13.1. The number of fused-ring (bicyclic) bond motifs is 1. The molecule has 4 N–H and O–H groups in total. The number of benzene rings is 3. The van der Waals surface area contributed by atoms with Gasteiger partial charge in [0.2, 0.25) is 33.7 Å². The average Bonchev–Trinajstić information content (AvgIpc) is 3.54. The van der Waals surface area contributed by atoms with Crippen LogP contribution in [0.15, 0.2) is 66.9 Å². The lowest BCUT2D eigenvalue weighted by Crippen LogP contribution is -2.54. The molecule has 3 fully saturated rings. The topological polar surface area (TPSA) is 219 Å². The van der Waals surface area contributed by atoms with E-state index in [2.05, 4.69) is 41.0 Å². The summed E-state index contributed by atoms with van der Waals surface area (Å²) in [6, 6.07) is 16.5. The van der Waals surface area contributed by atoms with Gasteiger partial charge in [-0.05, 0) is 67.6 Å². The SMILES string of the molecule is COc1cc(N2CCN(CC3CCN(C(=O)CNc4ccc5c(c4)C(=O)N(C4CCC(=O)NC4=O)C5=O)CC3)CC2)ccc1Nc1ncc(Cl)c(Nc2ccccc2N(C)S(C)(=O)=O)n1. The zero-order valence-corrected chi connectivity index (χ0v) is 37.7. The first-order chi connectivity index (χ1) is 31.2. The van der Waals surface area contributed by atoms with Gasteiger partial charge in [-0.3, -0.25) is 43.4 Å². The fourth-order valence-corrected chi connectivity index (χ4v) is 9.22. The number of hydrogen-bond donors (Lipinski definition) is 4. The highest BCUT2D eigenvalue weighted by Crippen LogP contribution is 2.35. The number of piperazine rings is 1. The molecule has 3 saturated heterocycles. The summed E-state index contributed by atoms with van der Waals surface area (Å²) in [6.45, 7) is 5.74. The first kappa shape index (κ1) is 45.1. The van der Waals surface area contributed by atoms with Gasteiger partial charge in [0.25, 0.3) is 11.8 Å². The number of aromatic nitrogens is 2. The number of rotatable bonds is 14. The van der Waals surface area contributed by atoms with Crippen LogP contribution in [0.5, 0.6) is 5.75 Å². The molecule has 3 aromatic carbocycles. The molecule has 0 aliphatic carbocycles. The molecule has 4 aromatic rings. The van der Waals surface area contributed by atoms with Crippen molar-refractivity contribution in [3.05, 3.63) is 83.0 Å². The van der Waals surface area contributed by atoms with Gasteiger partial charge in [-0.25, -0.2) is 13.4 Å². The second-order valence-corrected chi connectivity index (χ2v) is 18.9. The Balaban J connectivity index is 0.789. The van der Waals surface area contributed by atoms with Crippen LogP contribution in [0.3, 0.4) is 0 Å². The summed E-state index contributed by atoms with van der Waals surface area (Å²) in [6.07, 6.45) is 4.50. The number of carbonyl (C=O) groups excluding carboxylic acids is 5. The molecule has 19 nitrogen and oxygen atoms in total. The monoisotopic (exact) mass is 927 g/mol. The van der Waals surface area contributed by atoms with E-state index in [0.717, 1.165) is 62.4 Å². The van der Waals surface area contributed by atoms with Crippen molar-refractivity contribution >= 4 is 91.4 Å². The quantitative estimate of drug-likeness (QED) is 0.132. The lowest BCUT2D eigenvalue weighted by molar-refractivity contribution is -0.136. The van der Waals surface area contributed by atoms with Gasteiger partial charge >= 0.3 is 0 Å². The van der Waals surface area contributed by atoms with Crippen LogP contribution >= 0.6 is 11.6 Å². The summed E-state index contributed by atoms with van der Waals surface area (Å²) < 4.78 is 31.5. The predicted octanol–water partition coefficient (Wildman–Crippen LogP) is 3.90. The summed E-state index contributed by atoms with van der Waals surface area (Å²) in [5, 5.41) is 11.9. The van der Waals surface area contributed by atoms with Gasteiger partial charge in [-0.2, -0.15) is 4.98 Å². The summed E-state index contributed by atoms with van der Waals surface area (Å²) >= 11 is 6.46. The molecule has 0 bridgehead atoms. The van der Waals surface area contributed by atoms with Crippen LogP contribution in [0, 0.1) is 5.92 Å². The maximum atomic E-state index is 13.2. The maximum Gasteiger partial charge on any atom is 0.262 e. The minimum atomic E-state index is -3.52. The molecule has 0 saturated carbocycles. The number of amides is 5. The van der Waals surface area contributed by atoms with Gasteiger partial charge in [0.1, 0.15) is 16.8 Å². The number of imide groups is 2. The maximum absolute atomic E-state index is 13.2. The second kappa shape index (κ2) is 18.9. The Bertz CT molecular complexity index is 2640. The van der Waals surface area contributed by atoms with Crippen molar-refractivity contribution in [3.8, 4) is 5.75 Å². The summed E-state index contributed by atoms with van der Waals surface area (Å²) in [7, 11) is -0.442. The molecule has 4 aliphatic heterocycles. The molecule has 8 rings (SSSR count). The van der Waals surface area contributed by atoms with Gasteiger partial charge in [0.05, 0.1) is 54.3 Å². The number of sulfonamides is 1. The number of ether oxygens (including phenoxy) is 1. The van der Waals surface area contributed by atoms with E-state index in [1.54, 1.807) is 37.4 Å². The van der Waals surface area contributed by atoms with E-state index in [-0.39, 0.29) is 53.2 Å². The fourth-order valence-electron chi connectivity index (χ4n) is 8.56. The van der Waals surface area contributed by atoms with E-state index in [4.69, 9.17) is 16.3 Å². The van der Waals surface area contributed by atoms with Crippen molar-refractivity contribution in [3.63, 3.8) is 0 Å². The zero-order valence-electron chi connectivity index (χ0n) is 36.2. The molecule has 4 aliphatic rings. The summed E-state index contributed by atoms with van der Waals surface area (Å²) in [5.74, 6) is -0.708. The van der Waals surface area contributed by atoms with Crippen molar-refractivity contribution in [2.45, 2.75) is 31.7 Å². The lowest BCUT2D eigenvalue weighted by atomic mass is 9.95. The van der Waals surface area contributed by atoms with Gasteiger partial charge in [0.15, 0.2) is 5.82 Å². The van der Waals surface area contributed by atoms with Crippen LogP contribution in [-0.2, 0) is 24.4 Å². The smallest absolute Gasteiger partial charge is 0.262 e. The third-order valence-electron chi connectivity index (χ3n) is 12.3. The van der Waals surface area contributed by atoms with Crippen LogP contribution in [-0.4, -0.2) is 141 Å². The Labute approximate surface area is 381 Å². The highest BCUT2D eigenvalue weighted by molar-refractivity contribution is 7.92. The number of nitrogens with one attached hydrogen (secondary N) is 4. The predicted molar refractivity (Wildman–Crippen MR) is 246 cm³/mol. The van der Waals surface area contributed by atoms with Crippen molar-refractivity contribution in [1.29, 1.82) is 0 Å². The number of hydrogen-bond acceptors (Lipinski definition) is 15. The summed E-state index contributed by atoms with van der Waals surface area (Å²) in [4.78, 5) is 79.9. The Morgan fingerprint density at radius 2 is 1.65 bits per heavy atom. The zero-order chi connectivity index (χ0) is 46.0. The molecular weight excluding hydrogens is 878 g/mol. The molecule has 1 unspecified atom stereocenters. The van der Waals surface area contributed by atoms with Crippen molar-refractivity contribution in [2.24, 2.45) is 5.92 Å². The van der Waals surface area contributed by atoms with E-state index in [9.17, 15) is 32.4 Å². The number of likely N-dealkylation sites (tertiary alicyclic amines) is 1. The number of nitrogens with zero attached hydrogens (tertiary/aromatic N) is 7. The Morgan fingerprint density at radius 1 is 0.908 bits per heavy atom. The molecule has 342 valence electrons. The molecule has 1 atom stereocenters. The number of halogens is 1. The highest BCUT2D eigenvalue weighted by atomic mass is 35.5. The van der Waals surface area contributed by atoms with Crippen LogP contribution in [0.4, 0.5) is 40.2 Å². The third kappa shape index (κ3) is 9.93. The number of piperidine rings is 2.